The van der Waals surface area contributed by atoms with Gasteiger partial charge in [-0.3, -0.25) is 20.2 Å². The summed E-state index contributed by atoms with van der Waals surface area (Å²) in [7, 11) is 0. The predicted molar refractivity (Wildman–Crippen MR) is 124 cm³/mol. The van der Waals surface area contributed by atoms with Gasteiger partial charge < -0.3 is 14.2 Å². The fourth-order valence-electron chi connectivity index (χ4n) is 3.59. The van der Waals surface area contributed by atoms with E-state index in [0.717, 1.165) is 5.69 Å². The van der Waals surface area contributed by atoms with Gasteiger partial charge >= 0.3 is 0 Å². The summed E-state index contributed by atoms with van der Waals surface area (Å²) < 4.78 is 5.85. The fourth-order valence-corrected chi connectivity index (χ4v) is 4.05. The molecule has 1 aliphatic heterocycles. The Kier molecular flexibility index (Phi) is 6.06. The number of halogens is 1. The minimum absolute atomic E-state index is 0.0554. The average molecular weight is 473 g/mol. The predicted octanol–water partition coefficient (Wildman–Crippen LogP) is 4.91. The highest BCUT2D eigenvalue weighted by Gasteiger charge is 2.24. The summed E-state index contributed by atoms with van der Waals surface area (Å²) in [6.45, 7) is 2.49. The van der Waals surface area contributed by atoms with Crippen LogP contribution >= 0.6 is 23.8 Å². The molecule has 3 aromatic rings. The zero-order chi connectivity index (χ0) is 22.8. The van der Waals surface area contributed by atoms with Crippen molar-refractivity contribution in [3.8, 4) is 11.3 Å². The molecule has 0 saturated carbocycles. The third-order valence-corrected chi connectivity index (χ3v) is 5.91. The number of furan rings is 1. The van der Waals surface area contributed by atoms with Gasteiger partial charge in [-0.2, -0.15) is 0 Å². The molecule has 32 heavy (non-hydrogen) atoms. The van der Waals surface area contributed by atoms with Crippen LogP contribution in [0.5, 0.6) is 0 Å². The van der Waals surface area contributed by atoms with Gasteiger partial charge in [0.25, 0.3) is 11.4 Å². The second kappa shape index (κ2) is 8.93. The molecule has 11 heteroatoms. The third-order valence-electron chi connectivity index (χ3n) is 5.21. The zero-order valence-electron chi connectivity index (χ0n) is 16.6. The highest BCUT2D eigenvalue weighted by atomic mass is 35.5. The summed E-state index contributed by atoms with van der Waals surface area (Å²) >= 11 is 11.5. The van der Waals surface area contributed by atoms with E-state index in [1.807, 2.05) is 11.0 Å². The topological polar surface area (TPSA) is 106 Å². The van der Waals surface area contributed by atoms with E-state index >= 15 is 0 Å². The van der Waals surface area contributed by atoms with Gasteiger partial charge in [0.05, 0.1) is 15.4 Å². The quantitative estimate of drug-likeness (QED) is 0.293. The summed E-state index contributed by atoms with van der Waals surface area (Å²) in [5.74, 6) is 0.781. The van der Waals surface area contributed by atoms with Gasteiger partial charge in [0.1, 0.15) is 10.7 Å². The Morgan fingerprint density at radius 3 is 2.41 bits per heavy atom. The number of hydrogen-bond donors (Lipinski definition) is 0. The Balaban J connectivity index is 1.46. The second-order valence-electron chi connectivity index (χ2n) is 7.14. The Morgan fingerprint density at radius 2 is 1.72 bits per heavy atom. The van der Waals surface area contributed by atoms with Crippen molar-refractivity contribution in [2.45, 2.75) is 0 Å². The molecule has 0 atom stereocenters. The maximum absolute atomic E-state index is 11.4. The number of non-ortho nitro benzene ring substituents is 1. The molecule has 1 fully saturated rings. The molecule has 1 aliphatic rings. The molecular formula is C21H17ClN4O5S. The highest BCUT2D eigenvalue weighted by Crippen LogP contribution is 2.34. The molecule has 0 radical (unpaired) electrons. The molecule has 4 rings (SSSR count). The van der Waals surface area contributed by atoms with Crippen molar-refractivity contribution in [3.05, 3.63) is 85.6 Å². The van der Waals surface area contributed by atoms with Gasteiger partial charge in [0.2, 0.25) is 0 Å². The van der Waals surface area contributed by atoms with Gasteiger partial charge in [0.15, 0.2) is 5.76 Å². The van der Waals surface area contributed by atoms with Crippen LogP contribution in [-0.4, -0.2) is 45.9 Å². The Bertz CT molecular complexity index is 1210. The molecule has 0 bridgehead atoms. The van der Waals surface area contributed by atoms with Gasteiger partial charge in [0, 0.05) is 55.1 Å². The smallest absolute Gasteiger partial charge is 0.281 e. The molecular weight excluding hydrogens is 456 g/mol. The molecule has 9 nitrogen and oxygen atoms in total. The molecule has 0 amide bonds. The van der Waals surface area contributed by atoms with Crippen LogP contribution < -0.4 is 4.90 Å². The lowest BCUT2D eigenvalue weighted by Gasteiger charge is -2.36. The van der Waals surface area contributed by atoms with Crippen molar-refractivity contribution in [1.82, 2.24) is 4.90 Å². The van der Waals surface area contributed by atoms with Crippen LogP contribution in [0, 0.1) is 20.2 Å². The van der Waals surface area contributed by atoms with Crippen LogP contribution in [0.4, 0.5) is 17.1 Å². The minimum Gasteiger partial charge on any atom is -0.453 e. The van der Waals surface area contributed by atoms with Crippen molar-refractivity contribution < 1.29 is 14.3 Å². The van der Waals surface area contributed by atoms with E-state index in [-0.39, 0.29) is 16.4 Å². The highest BCUT2D eigenvalue weighted by molar-refractivity contribution is 7.80. The molecule has 0 N–H and O–H groups in total. The van der Waals surface area contributed by atoms with Crippen LogP contribution in [0.15, 0.2) is 59.0 Å². The van der Waals surface area contributed by atoms with E-state index in [1.54, 1.807) is 36.4 Å². The van der Waals surface area contributed by atoms with Crippen LogP contribution in [-0.2, 0) is 0 Å². The van der Waals surface area contributed by atoms with E-state index in [0.29, 0.717) is 48.3 Å². The number of benzene rings is 2. The lowest BCUT2D eigenvalue weighted by molar-refractivity contribution is -0.384. The number of hydrogen-bond acceptors (Lipinski definition) is 7. The van der Waals surface area contributed by atoms with Crippen LogP contribution in [0.25, 0.3) is 11.3 Å². The van der Waals surface area contributed by atoms with E-state index < -0.39 is 9.85 Å². The maximum atomic E-state index is 11.4. The Hall–Kier alpha value is -3.50. The standard InChI is InChI=1S/C21H17ClN4O5S/c22-14-4-5-17(18(12-14)26(29)30)19-6-7-20(31-19)21(32)24-10-8-23(9-11-24)15-2-1-3-16(13-15)25(27)28/h1-7,12-13H,8-11H2. The summed E-state index contributed by atoms with van der Waals surface area (Å²) in [6, 6.07) is 14.3. The number of anilines is 1. The van der Waals surface area contributed by atoms with E-state index in [2.05, 4.69) is 4.90 Å². The van der Waals surface area contributed by atoms with Gasteiger partial charge in [-0.05, 0) is 30.3 Å². The lowest BCUT2D eigenvalue weighted by atomic mass is 10.1. The summed E-state index contributed by atoms with van der Waals surface area (Å²) in [4.78, 5) is 26.0. The normalized spacial score (nSPS) is 13.8. The number of piperazine rings is 1. The lowest BCUT2D eigenvalue weighted by Crippen LogP contribution is -2.48. The number of rotatable bonds is 5. The summed E-state index contributed by atoms with van der Waals surface area (Å²) in [5, 5.41) is 22.7. The first-order valence-electron chi connectivity index (χ1n) is 9.66. The molecule has 2 aromatic carbocycles. The van der Waals surface area contributed by atoms with Crippen molar-refractivity contribution in [2.75, 3.05) is 31.1 Å². The van der Waals surface area contributed by atoms with Crippen molar-refractivity contribution in [1.29, 1.82) is 0 Å². The number of nitro groups is 2. The number of nitrogens with zero attached hydrogens (tertiary/aromatic N) is 4. The molecule has 1 aromatic heterocycles. The summed E-state index contributed by atoms with van der Waals surface area (Å²) in [6.07, 6.45) is 0. The Morgan fingerprint density at radius 1 is 0.969 bits per heavy atom. The van der Waals surface area contributed by atoms with Crippen molar-refractivity contribution in [2.24, 2.45) is 0 Å². The number of nitro benzene ring substituents is 2. The summed E-state index contributed by atoms with van der Waals surface area (Å²) in [5.41, 5.74) is 1.03. The van der Waals surface area contributed by atoms with E-state index in [9.17, 15) is 20.2 Å². The van der Waals surface area contributed by atoms with Gasteiger partial charge in [-0.15, -0.1) is 0 Å². The first-order valence-corrected chi connectivity index (χ1v) is 10.4. The zero-order valence-corrected chi connectivity index (χ0v) is 18.2. The first kappa shape index (κ1) is 21.7. The molecule has 0 spiro atoms. The van der Waals surface area contributed by atoms with Gasteiger partial charge in [-0.1, -0.05) is 29.9 Å². The minimum atomic E-state index is -0.505. The van der Waals surface area contributed by atoms with Crippen LogP contribution in [0.3, 0.4) is 0 Å². The fraction of sp³-hybridized carbons (Fsp3) is 0.190. The van der Waals surface area contributed by atoms with E-state index in [4.69, 9.17) is 28.2 Å². The van der Waals surface area contributed by atoms with Gasteiger partial charge in [-0.25, -0.2) is 0 Å². The first-order chi connectivity index (χ1) is 15.3. The molecule has 1 saturated heterocycles. The SMILES string of the molecule is O=[N+]([O-])c1cccc(N2CCN(C(=S)c3ccc(-c4ccc(Cl)cc4[N+](=O)[O-])o3)CC2)c1. The van der Waals surface area contributed by atoms with Crippen molar-refractivity contribution >= 4 is 45.9 Å². The molecule has 2 heterocycles. The maximum Gasteiger partial charge on any atom is 0.281 e. The monoisotopic (exact) mass is 472 g/mol. The Labute approximate surface area is 193 Å². The van der Waals surface area contributed by atoms with E-state index in [1.165, 1.54) is 12.1 Å². The van der Waals surface area contributed by atoms with Crippen LogP contribution in [0.2, 0.25) is 5.02 Å². The largest absolute Gasteiger partial charge is 0.453 e. The van der Waals surface area contributed by atoms with Crippen molar-refractivity contribution in [3.63, 3.8) is 0 Å². The second-order valence-corrected chi connectivity index (χ2v) is 7.96. The number of thiocarbonyl (C=S) groups is 1. The average Bonchev–Trinajstić information content (AvgIpc) is 3.28. The molecule has 0 unspecified atom stereocenters. The van der Waals surface area contributed by atoms with Crippen LogP contribution in [0.1, 0.15) is 5.76 Å². The molecule has 164 valence electrons. The third kappa shape index (κ3) is 4.41. The molecule has 0 aliphatic carbocycles.